The van der Waals surface area contributed by atoms with Gasteiger partial charge >= 0.3 is 0 Å². The van der Waals surface area contributed by atoms with Crippen LogP contribution >= 0.6 is 0 Å². The molecule has 0 bridgehead atoms. The summed E-state index contributed by atoms with van der Waals surface area (Å²) in [4.78, 5) is 22.8. The topological polar surface area (TPSA) is 55.0 Å². The van der Waals surface area contributed by atoms with Gasteiger partial charge in [0.1, 0.15) is 0 Å². The molecule has 0 spiro atoms. The lowest BCUT2D eigenvalue weighted by Crippen LogP contribution is -2.61. The average molecular weight is 1740 g/mol. The molecule has 18 aromatic rings. The summed E-state index contributed by atoms with van der Waals surface area (Å²) in [5.41, 5.74) is 36.4. The Kier molecular flexibility index (Phi) is 20.8. The number of anilines is 6. The van der Waals surface area contributed by atoms with Gasteiger partial charge in [-0.15, -0.1) is 0 Å². The molecule has 2 aliphatic rings. The molecule has 0 atom stereocenters. The molecule has 0 fully saturated rings. The summed E-state index contributed by atoms with van der Waals surface area (Å²) >= 11 is 0. The van der Waals surface area contributed by atoms with Gasteiger partial charge in [-0.2, -0.15) is 0 Å². The van der Waals surface area contributed by atoms with Crippen molar-refractivity contribution in [2.24, 2.45) is 0 Å². The van der Waals surface area contributed by atoms with Gasteiger partial charge < -0.3 is 18.9 Å². The second-order valence-corrected chi connectivity index (χ2v) is 45.9. The number of hydrogen-bond acceptors (Lipinski definition) is 5. The zero-order valence-corrected chi connectivity index (χ0v) is 82.2. The van der Waals surface area contributed by atoms with Crippen LogP contribution in [0.1, 0.15) is 211 Å². The highest BCUT2D eigenvalue weighted by molar-refractivity contribution is 7.00. The van der Waals surface area contributed by atoms with Crippen molar-refractivity contribution in [2.75, 3.05) is 9.80 Å². The molecule has 0 saturated carbocycles. The molecule has 7 nitrogen and oxygen atoms in total. The Balaban J connectivity index is 1.03. The third-order valence-corrected chi connectivity index (χ3v) is 28.1. The van der Waals surface area contributed by atoms with Crippen LogP contribution in [0.2, 0.25) is 0 Å². The van der Waals surface area contributed by atoms with E-state index in [0.29, 0.717) is 17.5 Å². The number of hydrogen-bond donors (Lipinski definition) is 0. The van der Waals surface area contributed by atoms with Crippen LogP contribution in [0.15, 0.2) is 315 Å². The van der Waals surface area contributed by atoms with E-state index < -0.39 is 6.71 Å². The molecule has 20 rings (SSSR count). The Labute approximate surface area is 788 Å². The predicted octanol–water partition coefficient (Wildman–Crippen LogP) is 32.2. The van der Waals surface area contributed by atoms with Gasteiger partial charge in [-0.1, -0.05) is 378 Å². The Morgan fingerprint density at radius 1 is 0.203 bits per heavy atom. The van der Waals surface area contributed by atoms with E-state index >= 15 is 0 Å². The first kappa shape index (κ1) is 87.6. The van der Waals surface area contributed by atoms with Gasteiger partial charge in [0, 0.05) is 83.4 Å². The third-order valence-electron chi connectivity index (χ3n) is 28.1. The van der Waals surface area contributed by atoms with Gasteiger partial charge in [-0.05, 0) is 235 Å². The number of aromatic nitrogens is 5. The van der Waals surface area contributed by atoms with Crippen molar-refractivity contribution in [3.63, 3.8) is 0 Å². The second-order valence-electron chi connectivity index (χ2n) is 45.9. The predicted molar refractivity (Wildman–Crippen MR) is 570 cm³/mol. The maximum Gasteiger partial charge on any atom is 0.252 e. The zero-order chi connectivity index (χ0) is 93.4. The molecule has 0 radical (unpaired) electrons. The molecule has 15 aromatic carbocycles. The van der Waals surface area contributed by atoms with E-state index in [1.807, 2.05) is 0 Å². The fourth-order valence-corrected chi connectivity index (χ4v) is 20.3. The van der Waals surface area contributed by atoms with Gasteiger partial charge in [0.05, 0.1) is 39.1 Å². The third kappa shape index (κ3) is 15.7. The molecule has 5 heterocycles. The fraction of sp³-hybridized carbons (Fsp3) is 0.256. The first-order valence-electron chi connectivity index (χ1n) is 47.8. The van der Waals surface area contributed by atoms with E-state index in [4.69, 9.17) is 15.0 Å². The zero-order valence-electron chi connectivity index (χ0n) is 82.2. The van der Waals surface area contributed by atoms with E-state index in [9.17, 15) is 0 Å². The Morgan fingerprint density at radius 2 is 0.489 bits per heavy atom. The summed E-state index contributed by atoms with van der Waals surface area (Å²) in [6, 6.07) is 122. The SMILES string of the molecule is CC(C)(C)c1cc(-c2ccc3c(c2)N(c2c(-c4ccccc4)cc(C(C)(C)C)cc2-c2ccccc2)c2cc(-n4c5ccc(C(C)(C)C)cc5c5cc(C(C)(C)C)ccc54)cc4c2B3c2ccc(-n3c5ccc(C(C)(C)C)cc5c5cc(C(C)(C)C)ccc53)cc2N4c2c(-c3ccccc3)cc(C(C)(C)C)cc2-c2nc(-c3ccccc3)nc(-c3ccccc3)n2)cc(C(C)(C)C)c1. The van der Waals surface area contributed by atoms with E-state index in [0.717, 1.165) is 140 Å². The van der Waals surface area contributed by atoms with Crippen LogP contribution in [0.3, 0.4) is 0 Å². The van der Waals surface area contributed by atoms with Crippen molar-refractivity contribution in [1.82, 2.24) is 24.1 Å². The molecule has 3 aromatic heterocycles. The minimum atomic E-state index is -0.396. The maximum atomic E-state index is 5.92. The summed E-state index contributed by atoms with van der Waals surface area (Å²) in [7, 11) is 0. The summed E-state index contributed by atoms with van der Waals surface area (Å²) in [5, 5.41) is 4.86. The van der Waals surface area contributed by atoms with Gasteiger partial charge in [-0.3, -0.25) is 0 Å². The summed E-state index contributed by atoms with van der Waals surface area (Å²) in [5.74, 6) is 1.71. The van der Waals surface area contributed by atoms with Crippen molar-refractivity contribution < 1.29 is 0 Å². The Hall–Kier alpha value is -13.4. The fourth-order valence-electron chi connectivity index (χ4n) is 20.3. The monoisotopic (exact) mass is 1730 g/mol. The highest BCUT2D eigenvalue weighted by Crippen LogP contribution is 2.57. The van der Waals surface area contributed by atoms with Gasteiger partial charge in [0.15, 0.2) is 17.5 Å². The first-order chi connectivity index (χ1) is 63.0. The van der Waals surface area contributed by atoms with Gasteiger partial charge in [-0.25, -0.2) is 15.0 Å². The highest BCUT2D eigenvalue weighted by Gasteiger charge is 2.47. The molecule has 0 saturated heterocycles. The smallest absolute Gasteiger partial charge is 0.252 e. The van der Waals surface area contributed by atoms with Gasteiger partial charge in [0.25, 0.3) is 6.71 Å². The number of fused-ring (bicyclic) bond motifs is 10. The van der Waals surface area contributed by atoms with Crippen molar-refractivity contribution in [3.05, 3.63) is 360 Å². The highest BCUT2D eigenvalue weighted by atomic mass is 15.2. The Bertz CT molecular complexity index is 7370. The standard InChI is InChI=1S/C125H124BN7/c1-118(2,3)84-51-58-104-97(66-84)98-67-85(119(4,5)6)52-59-105(98)130(104)92-55-57-103-109(74-92)133(114-96(79-44-34-27-35-45-79)72-91(125(22,23)24)73-101(114)117-128-115(80-46-36-28-37-47-80)127-116(129-117)81-48-38-29-39-49-81)111-76-93(131-106-60-53-86(120(7,8)9)68-99(106)100-69-87(121(10,11)12)54-61-107(100)131)75-110-112(111)126(103)102-56-50-82(83-62-88(122(13,14)15)65-89(63-83)123(16,17)18)64-108(102)132(110)113-94(77-40-30-25-31-41-77)70-90(124(19,20)21)71-95(113)78-42-32-26-33-43-78/h25-76H,1-24H3. The van der Waals surface area contributed by atoms with Crippen LogP contribution in [-0.2, 0) is 43.3 Å². The van der Waals surface area contributed by atoms with Crippen LogP contribution in [0, 0.1) is 0 Å². The van der Waals surface area contributed by atoms with Crippen molar-refractivity contribution in [3.8, 4) is 90.0 Å². The molecule has 133 heavy (non-hydrogen) atoms. The summed E-state index contributed by atoms with van der Waals surface area (Å²) < 4.78 is 5.19. The molecule has 0 aliphatic carbocycles. The molecule has 0 unspecified atom stereocenters. The molecule has 0 N–H and O–H groups in total. The number of nitrogens with zero attached hydrogens (tertiary/aromatic N) is 7. The maximum absolute atomic E-state index is 5.92. The van der Waals surface area contributed by atoms with Crippen LogP contribution in [-0.4, -0.2) is 30.8 Å². The van der Waals surface area contributed by atoms with Crippen LogP contribution < -0.4 is 26.2 Å². The van der Waals surface area contributed by atoms with E-state index in [2.05, 4.69) is 501 Å². The molecule has 2 aliphatic heterocycles. The number of benzene rings is 15. The molecular weight excluding hydrogens is 1610 g/mol. The Morgan fingerprint density at radius 3 is 0.835 bits per heavy atom. The summed E-state index contributed by atoms with van der Waals surface area (Å²) in [6.07, 6.45) is 0. The lowest BCUT2D eigenvalue weighted by Gasteiger charge is -2.46. The second kappa shape index (κ2) is 31.6. The average Bonchev–Trinajstić information content (AvgIpc) is 1.68. The van der Waals surface area contributed by atoms with Crippen molar-refractivity contribution >= 4 is 101 Å². The van der Waals surface area contributed by atoms with Crippen LogP contribution in [0.4, 0.5) is 34.1 Å². The van der Waals surface area contributed by atoms with Crippen LogP contribution in [0.5, 0.6) is 0 Å². The minimum absolute atomic E-state index is 0.120. The first-order valence-corrected chi connectivity index (χ1v) is 47.8. The normalized spacial score (nSPS) is 13.4. The lowest BCUT2D eigenvalue weighted by molar-refractivity contribution is 0.569. The van der Waals surface area contributed by atoms with Crippen LogP contribution in [0.25, 0.3) is 134 Å². The van der Waals surface area contributed by atoms with E-state index in [1.165, 1.54) is 71.5 Å². The largest absolute Gasteiger partial charge is 0.310 e. The minimum Gasteiger partial charge on any atom is -0.310 e. The van der Waals surface area contributed by atoms with E-state index in [1.54, 1.807) is 0 Å². The number of rotatable bonds is 11. The molecule has 8 heteroatoms. The quantitative estimate of drug-likeness (QED) is 0.121. The van der Waals surface area contributed by atoms with Crippen molar-refractivity contribution in [1.29, 1.82) is 0 Å². The van der Waals surface area contributed by atoms with Crippen molar-refractivity contribution in [2.45, 2.75) is 209 Å². The van der Waals surface area contributed by atoms with E-state index in [-0.39, 0.29) is 43.3 Å². The lowest BCUT2D eigenvalue weighted by atomic mass is 9.33. The van der Waals surface area contributed by atoms with Gasteiger partial charge in [0.2, 0.25) is 0 Å². The molecular formula is C125H124BN7. The molecule has 662 valence electrons. The summed E-state index contributed by atoms with van der Waals surface area (Å²) in [6.45, 7) is 56.0. The molecule has 0 amide bonds.